The number of hydrogen-bond donors (Lipinski definition) is 1. The van der Waals surface area contributed by atoms with Gasteiger partial charge in [0.2, 0.25) is 0 Å². The van der Waals surface area contributed by atoms with Gasteiger partial charge in [-0.25, -0.2) is 14.4 Å². The molecule has 0 atom stereocenters. The summed E-state index contributed by atoms with van der Waals surface area (Å²) >= 11 is 0. The van der Waals surface area contributed by atoms with Crippen LogP contribution in [0.3, 0.4) is 0 Å². The first kappa shape index (κ1) is 12.1. The van der Waals surface area contributed by atoms with Gasteiger partial charge in [-0.2, -0.15) is 0 Å². The molecule has 0 radical (unpaired) electrons. The molecule has 0 amide bonds. The average Bonchev–Trinajstić information content (AvgIpc) is 2.36. The number of anilines is 1. The van der Waals surface area contributed by atoms with E-state index in [1.165, 1.54) is 5.56 Å². The number of hydrogen-bond acceptors (Lipinski definition) is 3. The third-order valence-corrected chi connectivity index (χ3v) is 4.00. The third-order valence-electron chi connectivity index (χ3n) is 4.00. The minimum atomic E-state index is -0.508. The molecule has 1 fully saturated rings. The SMILES string of the molecule is Cc1nc(C2(c3ccccc3)CCC2)nc(N)c1F. The zero-order chi connectivity index (χ0) is 13.5. The number of nitrogens with zero attached hydrogens (tertiary/aromatic N) is 2. The van der Waals surface area contributed by atoms with Crippen LogP contribution >= 0.6 is 0 Å². The van der Waals surface area contributed by atoms with E-state index in [1.54, 1.807) is 6.92 Å². The van der Waals surface area contributed by atoms with Crippen LogP contribution in [0, 0.1) is 12.7 Å². The standard InChI is InChI=1S/C15H16FN3/c1-10-12(16)13(17)19-14(18-10)15(8-5-9-15)11-6-3-2-4-7-11/h2-4,6-7H,5,8-9H2,1H3,(H2,17,18,19). The van der Waals surface area contributed by atoms with Crippen molar-refractivity contribution in [3.05, 3.63) is 53.2 Å². The maximum absolute atomic E-state index is 13.6. The molecule has 4 heteroatoms. The molecule has 0 bridgehead atoms. The van der Waals surface area contributed by atoms with Gasteiger partial charge in [0.15, 0.2) is 11.6 Å². The maximum atomic E-state index is 13.6. The molecule has 0 aliphatic heterocycles. The molecule has 1 saturated carbocycles. The van der Waals surface area contributed by atoms with Gasteiger partial charge in [0.25, 0.3) is 0 Å². The van der Waals surface area contributed by atoms with Gasteiger partial charge in [-0.3, -0.25) is 0 Å². The van der Waals surface area contributed by atoms with E-state index in [-0.39, 0.29) is 11.2 Å². The average molecular weight is 257 g/mol. The number of aryl methyl sites for hydroxylation is 1. The third kappa shape index (κ3) is 1.79. The number of halogens is 1. The van der Waals surface area contributed by atoms with E-state index in [2.05, 4.69) is 22.1 Å². The van der Waals surface area contributed by atoms with Crippen molar-refractivity contribution in [1.82, 2.24) is 9.97 Å². The van der Waals surface area contributed by atoms with E-state index in [4.69, 9.17) is 5.73 Å². The second kappa shape index (κ2) is 4.30. The molecule has 2 N–H and O–H groups in total. The summed E-state index contributed by atoms with van der Waals surface area (Å²) in [5, 5.41) is 0. The highest BCUT2D eigenvalue weighted by molar-refractivity contribution is 5.40. The highest BCUT2D eigenvalue weighted by Gasteiger charge is 2.43. The normalized spacial score (nSPS) is 16.9. The predicted molar refractivity (Wildman–Crippen MR) is 72.2 cm³/mol. The Hall–Kier alpha value is -1.97. The Bertz CT molecular complexity index is 583. The van der Waals surface area contributed by atoms with Crippen LogP contribution in [-0.4, -0.2) is 9.97 Å². The molecule has 2 aromatic rings. The Morgan fingerprint density at radius 1 is 1.16 bits per heavy atom. The highest BCUT2D eigenvalue weighted by atomic mass is 19.1. The molecule has 1 aliphatic carbocycles. The summed E-state index contributed by atoms with van der Waals surface area (Å²) in [6, 6.07) is 10.2. The van der Waals surface area contributed by atoms with E-state index in [9.17, 15) is 4.39 Å². The summed E-state index contributed by atoms with van der Waals surface area (Å²) < 4.78 is 13.6. The van der Waals surface area contributed by atoms with Gasteiger partial charge in [0, 0.05) is 0 Å². The molecule has 19 heavy (non-hydrogen) atoms. The van der Waals surface area contributed by atoms with Gasteiger partial charge in [0.05, 0.1) is 11.1 Å². The van der Waals surface area contributed by atoms with Crippen molar-refractivity contribution in [1.29, 1.82) is 0 Å². The molecule has 0 spiro atoms. The van der Waals surface area contributed by atoms with Gasteiger partial charge in [-0.05, 0) is 25.3 Å². The Morgan fingerprint density at radius 3 is 2.37 bits per heavy atom. The highest BCUT2D eigenvalue weighted by Crippen LogP contribution is 2.47. The maximum Gasteiger partial charge on any atom is 0.186 e. The fraction of sp³-hybridized carbons (Fsp3) is 0.333. The lowest BCUT2D eigenvalue weighted by atomic mass is 9.64. The van der Waals surface area contributed by atoms with Crippen LogP contribution in [0.15, 0.2) is 30.3 Å². The quantitative estimate of drug-likeness (QED) is 0.899. The Kier molecular flexibility index (Phi) is 2.73. The number of nitrogen functional groups attached to an aromatic ring is 1. The first-order valence-electron chi connectivity index (χ1n) is 6.49. The molecule has 1 heterocycles. The van der Waals surface area contributed by atoms with E-state index in [1.807, 2.05) is 18.2 Å². The van der Waals surface area contributed by atoms with Crippen molar-refractivity contribution < 1.29 is 4.39 Å². The van der Waals surface area contributed by atoms with Crippen LogP contribution in [0.4, 0.5) is 10.2 Å². The fourth-order valence-corrected chi connectivity index (χ4v) is 2.72. The van der Waals surface area contributed by atoms with Gasteiger partial charge in [-0.1, -0.05) is 36.8 Å². The number of aromatic nitrogens is 2. The van der Waals surface area contributed by atoms with E-state index >= 15 is 0 Å². The minimum Gasteiger partial charge on any atom is -0.381 e. The molecule has 0 unspecified atom stereocenters. The summed E-state index contributed by atoms with van der Waals surface area (Å²) in [5.74, 6) is 0.0948. The van der Waals surface area contributed by atoms with Crippen molar-refractivity contribution in [2.45, 2.75) is 31.6 Å². The van der Waals surface area contributed by atoms with Crippen LogP contribution < -0.4 is 5.73 Å². The van der Waals surface area contributed by atoms with E-state index < -0.39 is 5.82 Å². The van der Waals surface area contributed by atoms with Crippen molar-refractivity contribution in [3.63, 3.8) is 0 Å². The van der Waals surface area contributed by atoms with Crippen LogP contribution in [-0.2, 0) is 5.41 Å². The lowest BCUT2D eigenvalue weighted by molar-refractivity contribution is 0.284. The molecule has 1 aliphatic rings. The van der Waals surface area contributed by atoms with Crippen LogP contribution in [0.5, 0.6) is 0 Å². The molecule has 3 nitrogen and oxygen atoms in total. The number of benzene rings is 1. The molecule has 1 aromatic carbocycles. The summed E-state index contributed by atoms with van der Waals surface area (Å²) in [6.45, 7) is 1.63. The number of rotatable bonds is 2. The topological polar surface area (TPSA) is 51.8 Å². The summed E-state index contributed by atoms with van der Waals surface area (Å²) in [7, 11) is 0. The van der Waals surface area contributed by atoms with Gasteiger partial charge in [-0.15, -0.1) is 0 Å². The van der Waals surface area contributed by atoms with Crippen molar-refractivity contribution >= 4 is 5.82 Å². The largest absolute Gasteiger partial charge is 0.381 e. The lowest BCUT2D eigenvalue weighted by Gasteiger charge is -2.41. The fourth-order valence-electron chi connectivity index (χ4n) is 2.72. The molecular weight excluding hydrogens is 241 g/mol. The summed E-state index contributed by atoms with van der Waals surface area (Å²) in [4.78, 5) is 8.53. The second-order valence-corrected chi connectivity index (χ2v) is 5.13. The van der Waals surface area contributed by atoms with Crippen molar-refractivity contribution in [3.8, 4) is 0 Å². The minimum absolute atomic E-state index is 0.0512. The first-order chi connectivity index (χ1) is 9.13. The Labute approximate surface area is 111 Å². The Morgan fingerprint density at radius 2 is 1.84 bits per heavy atom. The Balaban J connectivity index is 2.13. The first-order valence-corrected chi connectivity index (χ1v) is 6.49. The van der Waals surface area contributed by atoms with Crippen molar-refractivity contribution in [2.24, 2.45) is 0 Å². The second-order valence-electron chi connectivity index (χ2n) is 5.13. The summed E-state index contributed by atoms with van der Waals surface area (Å²) in [5.41, 5.74) is 6.97. The molecule has 3 rings (SSSR count). The smallest absolute Gasteiger partial charge is 0.186 e. The molecule has 0 saturated heterocycles. The molecule has 98 valence electrons. The van der Waals surface area contributed by atoms with E-state index in [0.29, 0.717) is 11.5 Å². The molecular formula is C15H16FN3. The predicted octanol–water partition coefficient (Wildman–Crippen LogP) is 2.98. The van der Waals surface area contributed by atoms with Gasteiger partial charge >= 0.3 is 0 Å². The van der Waals surface area contributed by atoms with E-state index in [0.717, 1.165) is 19.3 Å². The van der Waals surface area contributed by atoms with Crippen LogP contribution in [0.2, 0.25) is 0 Å². The lowest BCUT2D eigenvalue weighted by Crippen LogP contribution is -2.37. The van der Waals surface area contributed by atoms with Gasteiger partial charge in [0.1, 0.15) is 5.82 Å². The monoisotopic (exact) mass is 257 g/mol. The molecule has 1 aromatic heterocycles. The van der Waals surface area contributed by atoms with Crippen LogP contribution in [0.25, 0.3) is 0 Å². The summed E-state index contributed by atoms with van der Waals surface area (Å²) in [6.07, 6.45) is 3.11. The zero-order valence-corrected chi connectivity index (χ0v) is 10.9. The van der Waals surface area contributed by atoms with Crippen LogP contribution in [0.1, 0.15) is 36.3 Å². The number of nitrogens with two attached hydrogens (primary N) is 1. The van der Waals surface area contributed by atoms with Crippen molar-refractivity contribution in [2.75, 3.05) is 5.73 Å². The zero-order valence-electron chi connectivity index (χ0n) is 10.9. The van der Waals surface area contributed by atoms with Gasteiger partial charge < -0.3 is 5.73 Å².